The van der Waals surface area contributed by atoms with Crippen LogP contribution in [0.25, 0.3) is 0 Å². The zero-order valence-electron chi connectivity index (χ0n) is 11.5. The topological polar surface area (TPSA) is 41.6 Å². The van der Waals surface area contributed by atoms with Crippen LogP contribution in [0.1, 0.15) is 26.2 Å². The summed E-state index contributed by atoms with van der Waals surface area (Å²) in [6, 6.07) is 9.62. The van der Waals surface area contributed by atoms with Gasteiger partial charge in [0.15, 0.2) is 0 Å². The Bertz CT molecular complexity index is 388. The summed E-state index contributed by atoms with van der Waals surface area (Å²) in [5.41, 5.74) is 0. The number of likely N-dealkylation sites (N-methyl/N-ethyl adjacent to an activating group) is 1. The Hall–Kier alpha value is -1.55. The molecule has 1 aliphatic rings. The highest BCUT2D eigenvalue weighted by atomic mass is 16.6. The summed E-state index contributed by atoms with van der Waals surface area (Å²) in [5, 5.41) is 3.45. The Morgan fingerprint density at radius 3 is 2.79 bits per heavy atom. The first kappa shape index (κ1) is 13.9. The van der Waals surface area contributed by atoms with Crippen LogP contribution in [0.15, 0.2) is 30.3 Å². The second kappa shape index (κ2) is 7.14. The molecule has 1 saturated heterocycles. The van der Waals surface area contributed by atoms with Crippen molar-refractivity contribution in [3.63, 3.8) is 0 Å². The number of rotatable bonds is 4. The number of hydrogen-bond donors (Lipinski definition) is 1. The highest BCUT2D eigenvalue weighted by molar-refractivity contribution is 5.70. The van der Waals surface area contributed by atoms with Gasteiger partial charge in [-0.25, -0.2) is 4.79 Å². The van der Waals surface area contributed by atoms with Crippen molar-refractivity contribution in [2.24, 2.45) is 0 Å². The lowest BCUT2D eigenvalue weighted by atomic mass is 10.0. The largest absolute Gasteiger partial charge is 0.415 e. The summed E-state index contributed by atoms with van der Waals surface area (Å²) in [7, 11) is 0. The summed E-state index contributed by atoms with van der Waals surface area (Å²) >= 11 is 0. The number of carbonyl (C=O) groups is 1. The molecule has 1 aliphatic heterocycles. The van der Waals surface area contributed by atoms with Crippen molar-refractivity contribution in [3.8, 4) is 5.75 Å². The van der Waals surface area contributed by atoms with Gasteiger partial charge >= 0.3 is 6.09 Å². The van der Waals surface area contributed by atoms with Crippen LogP contribution in [0.4, 0.5) is 4.79 Å². The fourth-order valence-corrected chi connectivity index (χ4v) is 2.33. The third kappa shape index (κ3) is 4.24. The van der Waals surface area contributed by atoms with Gasteiger partial charge in [0.1, 0.15) is 5.75 Å². The first-order valence-electron chi connectivity index (χ1n) is 7.04. The average molecular weight is 262 g/mol. The molecule has 0 spiro atoms. The molecule has 2 rings (SSSR count). The van der Waals surface area contributed by atoms with Gasteiger partial charge in [-0.15, -0.1) is 0 Å². The predicted molar refractivity (Wildman–Crippen MR) is 75.4 cm³/mol. The van der Waals surface area contributed by atoms with Crippen molar-refractivity contribution in [1.29, 1.82) is 0 Å². The van der Waals surface area contributed by atoms with Gasteiger partial charge in [-0.3, -0.25) is 0 Å². The van der Waals surface area contributed by atoms with E-state index in [4.69, 9.17) is 4.74 Å². The van der Waals surface area contributed by atoms with Crippen LogP contribution in [-0.4, -0.2) is 36.7 Å². The van der Waals surface area contributed by atoms with Gasteiger partial charge < -0.3 is 15.0 Å². The minimum Gasteiger partial charge on any atom is -0.410 e. The maximum absolute atomic E-state index is 12.1. The van der Waals surface area contributed by atoms with Crippen LogP contribution in [0.2, 0.25) is 0 Å². The molecule has 1 aromatic rings. The molecule has 4 nitrogen and oxygen atoms in total. The average Bonchev–Trinajstić information content (AvgIpc) is 2.47. The predicted octanol–water partition coefficient (Wildman–Crippen LogP) is 2.65. The summed E-state index contributed by atoms with van der Waals surface area (Å²) < 4.78 is 5.37. The van der Waals surface area contributed by atoms with E-state index >= 15 is 0 Å². The van der Waals surface area contributed by atoms with E-state index in [1.807, 2.05) is 25.1 Å². The Morgan fingerprint density at radius 2 is 2.16 bits per heavy atom. The van der Waals surface area contributed by atoms with Gasteiger partial charge in [0.05, 0.1) is 0 Å². The second-order valence-electron chi connectivity index (χ2n) is 4.87. The fraction of sp³-hybridized carbons (Fsp3) is 0.533. The molecule has 1 atom stereocenters. The van der Waals surface area contributed by atoms with Crippen LogP contribution < -0.4 is 10.1 Å². The van der Waals surface area contributed by atoms with E-state index in [2.05, 4.69) is 5.32 Å². The van der Waals surface area contributed by atoms with Gasteiger partial charge in [0, 0.05) is 19.1 Å². The number of piperidine rings is 1. The molecule has 0 saturated carbocycles. The molecular formula is C15H22N2O2. The quantitative estimate of drug-likeness (QED) is 0.907. The molecule has 1 aromatic carbocycles. The van der Waals surface area contributed by atoms with Crippen LogP contribution in [-0.2, 0) is 0 Å². The number of nitrogens with zero attached hydrogens (tertiary/aromatic N) is 1. The van der Waals surface area contributed by atoms with E-state index < -0.39 is 0 Å². The molecule has 1 unspecified atom stereocenters. The zero-order valence-corrected chi connectivity index (χ0v) is 11.5. The number of carbonyl (C=O) groups excluding carboxylic acids is 1. The van der Waals surface area contributed by atoms with Crippen LogP contribution >= 0.6 is 0 Å². The number of ether oxygens (including phenoxy) is 1. The molecule has 1 fully saturated rings. The molecular weight excluding hydrogens is 240 g/mol. The van der Waals surface area contributed by atoms with E-state index in [0.717, 1.165) is 19.5 Å². The lowest BCUT2D eigenvalue weighted by Crippen LogP contribution is -2.46. The van der Waals surface area contributed by atoms with Crippen molar-refractivity contribution >= 4 is 6.09 Å². The zero-order chi connectivity index (χ0) is 13.5. The lowest BCUT2D eigenvalue weighted by Gasteiger charge is -2.29. The van der Waals surface area contributed by atoms with Gasteiger partial charge in [0.2, 0.25) is 0 Å². The van der Waals surface area contributed by atoms with Crippen molar-refractivity contribution in [1.82, 2.24) is 10.2 Å². The number of hydrogen-bond acceptors (Lipinski definition) is 3. The van der Waals surface area contributed by atoms with Crippen molar-refractivity contribution in [2.75, 3.05) is 19.6 Å². The minimum atomic E-state index is -0.263. The van der Waals surface area contributed by atoms with E-state index in [1.165, 1.54) is 12.8 Å². The summed E-state index contributed by atoms with van der Waals surface area (Å²) in [4.78, 5) is 13.9. The van der Waals surface area contributed by atoms with E-state index in [1.54, 1.807) is 17.0 Å². The maximum Gasteiger partial charge on any atom is 0.415 e. The van der Waals surface area contributed by atoms with Crippen molar-refractivity contribution in [2.45, 2.75) is 32.2 Å². The van der Waals surface area contributed by atoms with Gasteiger partial charge in [-0.2, -0.15) is 0 Å². The van der Waals surface area contributed by atoms with Crippen molar-refractivity contribution in [3.05, 3.63) is 30.3 Å². The molecule has 1 N–H and O–H groups in total. The number of amides is 1. The molecule has 19 heavy (non-hydrogen) atoms. The molecule has 4 heteroatoms. The van der Waals surface area contributed by atoms with Crippen LogP contribution in [0.5, 0.6) is 5.75 Å². The first-order chi connectivity index (χ1) is 9.29. The van der Waals surface area contributed by atoms with E-state index in [-0.39, 0.29) is 6.09 Å². The van der Waals surface area contributed by atoms with E-state index in [0.29, 0.717) is 18.3 Å². The minimum absolute atomic E-state index is 0.263. The maximum atomic E-state index is 12.1. The van der Waals surface area contributed by atoms with E-state index in [9.17, 15) is 4.79 Å². The molecule has 0 aromatic heterocycles. The van der Waals surface area contributed by atoms with Gasteiger partial charge in [-0.05, 0) is 38.4 Å². The number of nitrogens with one attached hydrogen (secondary N) is 1. The van der Waals surface area contributed by atoms with Crippen LogP contribution in [0, 0.1) is 0 Å². The standard InChI is InChI=1S/C15H22N2O2/c1-2-17(12-13-8-6-7-11-16-13)15(18)19-14-9-4-3-5-10-14/h3-5,9-10,13,16H,2,6-8,11-12H2,1H3. The van der Waals surface area contributed by atoms with Crippen LogP contribution in [0.3, 0.4) is 0 Å². The Kier molecular flexibility index (Phi) is 5.21. The summed E-state index contributed by atoms with van der Waals surface area (Å²) in [6.07, 6.45) is 3.34. The van der Waals surface area contributed by atoms with Crippen molar-refractivity contribution < 1.29 is 9.53 Å². The second-order valence-corrected chi connectivity index (χ2v) is 4.87. The first-order valence-corrected chi connectivity index (χ1v) is 7.04. The highest BCUT2D eigenvalue weighted by Gasteiger charge is 2.20. The molecule has 0 aliphatic carbocycles. The number of para-hydroxylation sites is 1. The summed E-state index contributed by atoms with van der Waals surface area (Å²) in [6.45, 7) is 4.43. The van der Waals surface area contributed by atoms with Gasteiger partial charge in [-0.1, -0.05) is 24.6 Å². The Labute approximate surface area is 114 Å². The monoisotopic (exact) mass is 262 g/mol. The Morgan fingerprint density at radius 1 is 1.37 bits per heavy atom. The normalized spacial score (nSPS) is 18.9. The third-order valence-corrected chi connectivity index (χ3v) is 3.44. The molecule has 1 amide bonds. The molecule has 0 radical (unpaired) electrons. The third-order valence-electron chi connectivity index (χ3n) is 3.44. The highest BCUT2D eigenvalue weighted by Crippen LogP contribution is 2.12. The fourth-order valence-electron chi connectivity index (χ4n) is 2.33. The smallest absolute Gasteiger partial charge is 0.410 e. The molecule has 0 bridgehead atoms. The van der Waals surface area contributed by atoms with Gasteiger partial charge in [0.25, 0.3) is 0 Å². The Balaban J connectivity index is 1.87. The SMILES string of the molecule is CCN(CC1CCCCN1)C(=O)Oc1ccccc1. The molecule has 104 valence electrons. The lowest BCUT2D eigenvalue weighted by molar-refractivity contribution is 0.146. The number of benzene rings is 1. The molecule has 1 heterocycles. The summed E-state index contributed by atoms with van der Waals surface area (Å²) in [5.74, 6) is 0.600.